The van der Waals surface area contributed by atoms with Gasteiger partial charge in [-0.05, 0) is 20.3 Å². The molecule has 2 N–H and O–H groups in total. The molecule has 0 aliphatic carbocycles. The number of hydrogen-bond acceptors (Lipinski definition) is 3. The highest BCUT2D eigenvalue weighted by Crippen LogP contribution is 2.17. The Morgan fingerprint density at radius 2 is 2.27 bits per heavy atom. The second-order valence-corrected chi connectivity index (χ2v) is 4.80. The third kappa shape index (κ3) is 3.80. The van der Waals surface area contributed by atoms with E-state index in [4.69, 9.17) is 10.5 Å². The molecule has 0 aromatic rings. The molecule has 1 unspecified atom stereocenters. The van der Waals surface area contributed by atoms with Crippen molar-refractivity contribution in [2.75, 3.05) is 19.7 Å². The van der Waals surface area contributed by atoms with Gasteiger partial charge in [0.15, 0.2) is 0 Å². The maximum absolute atomic E-state index is 11.8. The molecule has 1 amide bonds. The number of carbonyl (C=O) groups excluding carboxylic acids is 1. The molecule has 1 saturated heterocycles. The van der Waals surface area contributed by atoms with Crippen molar-refractivity contribution in [1.82, 2.24) is 4.90 Å². The van der Waals surface area contributed by atoms with E-state index in [2.05, 4.69) is 0 Å². The van der Waals surface area contributed by atoms with Gasteiger partial charge in [-0.25, -0.2) is 0 Å². The molecular formula is C11H22N2O2. The summed E-state index contributed by atoms with van der Waals surface area (Å²) in [5.41, 5.74) is 5.55. The molecule has 1 aliphatic heterocycles. The SMILES string of the molecule is CCC(N)CC(=O)N1CCOC(C)(C)C1. The number of amides is 1. The van der Waals surface area contributed by atoms with Gasteiger partial charge in [0.1, 0.15) is 0 Å². The van der Waals surface area contributed by atoms with Gasteiger partial charge in [-0.1, -0.05) is 6.92 Å². The maximum Gasteiger partial charge on any atom is 0.224 e. The zero-order valence-electron chi connectivity index (χ0n) is 9.95. The summed E-state index contributed by atoms with van der Waals surface area (Å²) in [5, 5.41) is 0. The van der Waals surface area contributed by atoms with Gasteiger partial charge >= 0.3 is 0 Å². The van der Waals surface area contributed by atoms with Crippen LogP contribution in [-0.2, 0) is 9.53 Å². The lowest BCUT2D eigenvalue weighted by atomic mass is 10.1. The van der Waals surface area contributed by atoms with Crippen LogP contribution in [0, 0.1) is 0 Å². The lowest BCUT2D eigenvalue weighted by Gasteiger charge is -2.38. The number of nitrogens with zero attached hydrogens (tertiary/aromatic N) is 1. The standard InChI is InChI=1S/C11H22N2O2/c1-4-9(12)7-10(14)13-5-6-15-11(2,3)8-13/h9H,4-8,12H2,1-3H3. The Labute approximate surface area is 91.8 Å². The summed E-state index contributed by atoms with van der Waals surface area (Å²) in [6, 6.07) is -0.0107. The van der Waals surface area contributed by atoms with E-state index in [0.717, 1.165) is 6.42 Å². The van der Waals surface area contributed by atoms with E-state index in [9.17, 15) is 4.79 Å². The first kappa shape index (κ1) is 12.5. The Hall–Kier alpha value is -0.610. The Morgan fingerprint density at radius 3 is 2.80 bits per heavy atom. The highest BCUT2D eigenvalue weighted by atomic mass is 16.5. The highest BCUT2D eigenvalue weighted by Gasteiger charge is 2.30. The minimum atomic E-state index is -0.218. The van der Waals surface area contributed by atoms with Crippen LogP contribution in [0.15, 0.2) is 0 Å². The third-order valence-corrected chi connectivity index (χ3v) is 2.74. The topological polar surface area (TPSA) is 55.6 Å². The lowest BCUT2D eigenvalue weighted by molar-refractivity contribution is -0.146. The monoisotopic (exact) mass is 214 g/mol. The van der Waals surface area contributed by atoms with Crippen LogP contribution >= 0.6 is 0 Å². The average Bonchev–Trinajstić information content (AvgIpc) is 2.16. The van der Waals surface area contributed by atoms with Crippen LogP contribution in [-0.4, -0.2) is 42.1 Å². The first-order valence-electron chi connectivity index (χ1n) is 5.62. The summed E-state index contributed by atoms with van der Waals surface area (Å²) in [5.74, 6) is 0.153. The van der Waals surface area contributed by atoms with Gasteiger partial charge in [-0.15, -0.1) is 0 Å². The van der Waals surface area contributed by atoms with Crippen LogP contribution in [0.5, 0.6) is 0 Å². The minimum absolute atomic E-state index is 0.0107. The van der Waals surface area contributed by atoms with E-state index in [1.807, 2.05) is 25.7 Å². The molecule has 0 radical (unpaired) electrons. The molecule has 1 fully saturated rings. The normalized spacial score (nSPS) is 22.5. The molecule has 0 saturated carbocycles. The van der Waals surface area contributed by atoms with Gasteiger partial charge in [0.25, 0.3) is 0 Å². The fraction of sp³-hybridized carbons (Fsp3) is 0.909. The quantitative estimate of drug-likeness (QED) is 0.754. The Balaban J connectivity index is 2.46. The molecule has 0 aromatic heterocycles. The van der Waals surface area contributed by atoms with Crippen molar-refractivity contribution >= 4 is 5.91 Å². The smallest absolute Gasteiger partial charge is 0.224 e. The number of morpholine rings is 1. The van der Waals surface area contributed by atoms with Crippen LogP contribution in [0.1, 0.15) is 33.6 Å². The second-order valence-electron chi connectivity index (χ2n) is 4.80. The van der Waals surface area contributed by atoms with Crippen molar-refractivity contribution in [2.24, 2.45) is 5.73 Å². The van der Waals surface area contributed by atoms with E-state index in [-0.39, 0.29) is 17.6 Å². The Kier molecular flexibility index (Phi) is 4.11. The van der Waals surface area contributed by atoms with E-state index in [0.29, 0.717) is 26.1 Å². The van der Waals surface area contributed by atoms with Gasteiger partial charge in [0, 0.05) is 25.6 Å². The lowest BCUT2D eigenvalue weighted by Crippen LogP contribution is -2.51. The summed E-state index contributed by atoms with van der Waals surface area (Å²) in [7, 11) is 0. The number of rotatable bonds is 3. The molecule has 0 aromatic carbocycles. The summed E-state index contributed by atoms with van der Waals surface area (Å²) in [6.45, 7) is 8.00. The summed E-state index contributed by atoms with van der Waals surface area (Å²) in [4.78, 5) is 13.7. The van der Waals surface area contributed by atoms with E-state index in [1.54, 1.807) is 0 Å². The average molecular weight is 214 g/mol. The van der Waals surface area contributed by atoms with Crippen LogP contribution in [0.3, 0.4) is 0 Å². The molecular weight excluding hydrogens is 192 g/mol. The van der Waals surface area contributed by atoms with Crippen molar-refractivity contribution in [3.8, 4) is 0 Å². The molecule has 88 valence electrons. The van der Waals surface area contributed by atoms with Crippen molar-refractivity contribution in [3.63, 3.8) is 0 Å². The van der Waals surface area contributed by atoms with Gasteiger partial charge in [0.2, 0.25) is 5.91 Å². The minimum Gasteiger partial charge on any atom is -0.372 e. The van der Waals surface area contributed by atoms with Crippen molar-refractivity contribution in [3.05, 3.63) is 0 Å². The van der Waals surface area contributed by atoms with E-state index >= 15 is 0 Å². The zero-order chi connectivity index (χ0) is 11.5. The zero-order valence-corrected chi connectivity index (χ0v) is 9.95. The number of carbonyl (C=O) groups is 1. The van der Waals surface area contributed by atoms with Crippen molar-refractivity contribution in [2.45, 2.75) is 45.3 Å². The number of nitrogens with two attached hydrogens (primary N) is 1. The fourth-order valence-corrected chi connectivity index (χ4v) is 1.73. The van der Waals surface area contributed by atoms with Crippen LogP contribution in [0.2, 0.25) is 0 Å². The second kappa shape index (κ2) is 4.94. The van der Waals surface area contributed by atoms with Gasteiger partial charge < -0.3 is 15.4 Å². The number of ether oxygens (including phenoxy) is 1. The molecule has 0 bridgehead atoms. The van der Waals surface area contributed by atoms with E-state index in [1.165, 1.54) is 0 Å². The highest BCUT2D eigenvalue weighted by molar-refractivity contribution is 5.77. The predicted molar refractivity (Wildman–Crippen MR) is 59.5 cm³/mol. The Bertz CT molecular complexity index is 229. The predicted octanol–water partition coefficient (Wildman–Crippen LogP) is 0.751. The van der Waals surface area contributed by atoms with Gasteiger partial charge in [-0.2, -0.15) is 0 Å². The van der Waals surface area contributed by atoms with E-state index < -0.39 is 0 Å². The molecule has 4 nitrogen and oxygen atoms in total. The first-order valence-corrected chi connectivity index (χ1v) is 5.62. The largest absolute Gasteiger partial charge is 0.372 e. The number of hydrogen-bond donors (Lipinski definition) is 1. The Morgan fingerprint density at radius 1 is 1.60 bits per heavy atom. The molecule has 15 heavy (non-hydrogen) atoms. The molecule has 1 atom stereocenters. The molecule has 4 heteroatoms. The third-order valence-electron chi connectivity index (χ3n) is 2.74. The summed E-state index contributed by atoms with van der Waals surface area (Å²) < 4.78 is 5.55. The van der Waals surface area contributed by atoms with Crippen LogP contribution < -0.4 is 5.73 Å². The van der Waals surface area contributed by atoms with Crippen LogP contribution in [0.4, 0.5) is 0 Å². The maximum atomic E-state index is 11.8. The van der Waals surface area contributed by atoms with Crippen molar-refractivity contribution in [1.29, 1.82) is 0 Å². The first-order chi connectivity index (χ1) is 6.94. The summed E-state index contributed by atoms with van der Waals surface area (Å²) in [6.07, 6.45) is 1.30. The molecule has 0 spiro atoms. The molecule has 1 aliphatic rings. The van der Waals surface area contributed by atoms with Crippen molar-refractivity contribution < 1.29 is 9.53 Å². The fourth-order valence-electron chi connectivity index (χ4n) is 1.73. The molecule has 1 heterocycles. The summed E-state index contributed by atoms with van der Waals surface area (Å²) >= 11 is 0. The molecule has 1 rings (SSSR count). The van der Waals surface area contributed by atoms with Gasteiger partial charge in [-0.3, -0.25) is 4.79 Å². The van der Waals surface area contributed by atoms with Crippen LogP contribution in [0.25, 0.3) is 0 Å². The van der Waals surface area contributed by atoms with Gasteiger partial charge in [0.05, 0.1) is 12.2 Å².